The first-order chi connectivity index (χ1) is 7.64. The molecule has 0 atom stereocenters. The Labute approximate surface area is 96.0 Å². The Morgan fingerprint density at radius 2 is 2.19 bits per heavy atom. The van der Waals surface area contributed by atoms with Gasteiger partial charge in [-0.2, -0.15) is 0 Å². The predicted octanol–water partition coefficient (Wildman–Crippen LogP) is -0.307. The number of aromatic nitrogens is 3. The molecule has 7 heteroatoms. The number of sulfone groups is 1. The van der Waals surface area contributed by atoms with Gasteiger partial charge in [0, 0.05) is 25.0 Å². The zero-order valence-corrected chi connectivity index (χ0v) is 10.3. The number of rotatable bonds is 8. The summed E-state index contributed by atoms with van der Waals surface area (Å²) >= 11 is 0. The van der Waals surface area contributed by atoms with E-state index in [1.807, 2.05) is 6.20 Å². The smallest absolute Gasteiger partial charge is 0.151 e. The monoisotopic (exact) mass is 246 g/mol. The van der Waals surface area contributed by atoms with Crippen molar-refractivity contribution in [1.82, 2.24) is 20.3 Å². The van der Waals surface area contributed by atoms with Crippen LogP contribution >= 0.6 is 0 Å². The number of hydrogen-bond acceptors (Lipinski definition) is 5. The molecule has 0 saturated heterocycles. The largest absolute Gasteiger partial charge is 0.316 e. The van der Waals surface area contributed by atoms with Gasteiger partial charge >= 0.3 is 0 Å². The second kappa shape index (κ2) is 6.59. The molecular weight excluding hydrogens is 228 g/mol. The van der Waals surface area contributed by atoms with Gasteiger partial charge in [-0.05, 0) is 13.0 Å². The van der Waals surface area contributed by atoms with E-state index in [9.17, 15) is 8.42 Å². The lowest BCUT2D eigenvalue weighted by atomic mass is 10.4. The maximum absolute atomic E-state index is 11.2. The normalized spacial score (nSPS) is 11.8. The molecule has 16 heavy (non-hydrogen) atoms. The molecule has 92 valence electrons. The molecule has 1 rings (SSSR count). The minimum absolute atomic E-state index is 0.215. The van der Waals surface area contributed by atoms with E-state index in [0.717, 1.165) is 19.5 Å². The maximum Gasteiger partial charge on any atom is 0.151 e. The van der Waals surface area contributed by atoms with E-state index in [4.69, 9.17) is 0 Å². The summed E-state index contributed by atoms with van der Waals surface area (Å²) in [7, 11) is -2.84. The summed E-state index contributed by atoms with van der Waals surface area (Å²) in [6.07, 6.45) is 4.36. The van der Waals surface area contributed by atoms with E-state index in [1.54, 1.807) is 17.8 Å². The van der Waals surface area contributed by atoms with E-state index >= 15 is 0 Å². The molecule has 0 fully saturated rings. The van der Waals surface area contributed by atoms with Gasteiger partial charge in [0.2, 0.25) is 0 Å². The molecule has 6 nitrogen and oxygen atoms in total. The Balaban J connectivity index is 2.01. The molecule has 0 saturated carbocycles. The van der Waals surface area contributed by atoms with Crippen LogP contribution in [0.2, 0.25) is 0 Å². The van der Waals surface area contributed by atoms with Crippen LogP contribution in [0.5, 0.6) is 0 Å². The van der Waals surface area contributed by atoms with Crippen LogP contribution in [0.4, 0.5) is 0 Å². The van der Waals surface area contributed by atoms with Gasteiger partial charge in [-0.25, -0.2) is 8.42 Å². The van der Waals surface area contributed by atoms with Gasteiger partial charge in [0.25, 0.3) is 0 Å². The van der Waals surface area contributed by atoms with Crippen LogP contribution in [0.25, 0.3) is 0 Å². The molecule has 0 aliphatic carbocycles. The van der Waals surface area contributed by atoms with Crippen LogP contribution in [0.3, 0.4) is 0 Å². The van der Waals surface area contributed by atoms with E-state index < -0.39 is 9.84 Å². The highest BCUT2D eigenvalue weighted by Crippen LogP contribution is 1.88. The summed E-state index contributed by atoms with van der Waals surface area (Å²) in [6.45, 7) is 3.78. The van der Waals surface area contributed by atoms with Gasteiger partial charge in [0.05, 0.1) is 11.9 Å². The van der Waals surface area contributed by atoms with Gasteiger partial charge in [0.1, 0.15) is 0 Å². The third kappa shape index (κ3) is 5.22. The molecule has 0 aromatic carbocycles. The lowest BCUT2D eigenvalue weighted by Gasteiger charge is -2.04. The molecule has 1 aromatic rings. The minimum atomic E-state index is -2.84. The molecule has 1 N–H and O–H groups in total. The topological polar surface area (TPSA) is 76.9 Å². The molecular formula is C9H18N4O2S. The van der Waals surface area contributed by atoms with Crippen LogP contribution in [0, 0.1) is 0 Å². The average molecular weight is 246 g/mol. The Morgan fingerprint density at radius 1 is 1.38 bits per heavy atom. The Morgan fingerprint density at radius 3 is 2.81 bits per heavy atom. The summed E-state index contributed by atoms with van der Waals surface area (Å²) in [5.41, 5.74) is 0. The number of aryl methyl sites for hydroxylation is 1. The van der Waals surface area contributed by atoms with Crippen molar-refractivity contribution in [3.8, 4) is 0 Å². The van der Waals surface area contributed by atoms with Gasteiger partial charge in [-0.15, -0.1) is 5.10 Å². The number of nitrogens with one attached hydrogen (secondary N) is 1. The third-order valence-corrected chi connectivity index (χ3v) is 3.95. The molecule has 1 aromatic heterocycles. The van der Waals surface area contributed by atoms with E-state index in [-0.39, 0.29) is 11.5 Å². The van der Waals surface area contributed by atoms with Crippen LogP contribution < -0.4 is 5.32 Å². The summed E-state index contributed by atoms with van der Waals surface area (Å²) in [4.78, 5) is 0. The number of hydrogen-bond donors (Lipinski definition) is 1. The van der Waals surface area contributed by atoms with Crippen molar-refractivity contribution in [3.05, 3.63) is 12.4 Å². The zero-order chi connectivity index (χ0) is 11.9. The second-order valence-corrected chi connectivity index (χ2v) is 5.98. The fraction of sp³-hybridized carbons (Fsp3) is 0.778. The quantitative estimate of drug-likeness (QED) is 0.637. The minimum Gasteiger partial charge on any atom is -0.316 e. The molecule has 0 aliphatic heterocycles. The van der Waals surface area contributed by atoms with Crippen LogP contribution in [0.15, 0.2) is 12.4 Å². The van der Waals surface area contributed by atoms with Crippen molar-refractivity contribution in [2.45, 2.75) is 19.9 Å². The number of nitrogens with zero attached hydrogens (tertiary/aromatic N) is 3. The van der Waals surface area contributed by atoms with Crippen molar-refractivity contribution >= 4 is 9.84 Å². The Hall–Kier alpha value is -0.950. The highest BCUT2D eigenvalue weighted by molar-refractivity contribution is 7.91. The predicted molar refractivity (Wildman–Crippen MR) is 61.8 cm³/mol. The average Bonchev–Trinajstić information content (AvgIpc) is 2.76. The van der Waals surface area contributed by atoms with Crippen LogP contribution in [-0.4, -0.2) is 48.0 Å². The van der Waals surface area contributed by atoms with Crippen LogP contribution in [-0.2, 0) is 16.4 Å². The summed E-state index contributed by atoms with van der Waals surface area (Å²) in [5, 5.41) is 10.6. The summed E-state index contributed by atoms with van der Waals surface area (Å²) in [5.74, 6) is 0.431. The Kier molecular flexibility index (Phi) is 5.41. The standard InChI is InChI=1S/C9H18N4O2S/c1-2-16(14,15)9-6-10-4-3-7-13-8-5-11-12-13/h5,8,10H,2-4,6-7,9H2,1H3. The molecule has 0 aliphatic rings. The first kappa shape index (κ1) is 13.1. The highest BCUT2D eigenvalue weighted by atomic mass is 32.2. The zero-order valence-electron chi connectivity index (χ0n) is 9.46. The van der Waals surface area contributed by atoms with E-state index in [0.29, 0.717) is 6.54 Å². The second-order valence-electron chi connectivity index (χ2n) is 3.51. The first-order valence-electron chi connectivity index (χ1n) is 5.39. The van der Waals surface area contributed by atoms with Gasteiger partial charge in [-0.3, -0.25) is 4.68 Å². The summed E-state index contributed by atoms with van der Waals surface area (Å²) < 4.78 is 24.1. The van der Waals surface area contributed by atoms with E-state index in [1.165, 1.54) is 0 Å². The van der Waals surface area contributed by atoms with Crippen molar-refractivity contribution in [1.29, 1.82) is 0 Å². The third-order valence-electron chi connectivity index (χ3n) is 2.24. The van der Waals surface area contributed by atoms with Crippen molar-refractivity contribution in [2.75, 3.05) is 24.6 Å². The fourth-order valence-electron chi connectivity index (χ4n) is 1.22. The van der Waals surface area contributed by atoms with Crippen molar-refractivity contribution in [2.24, 2.45) is 0 Å². The van der Waals surface area contributed by atoms with Crippen molar-refractivity contribution in [3.63, 3.8) is 0 Å². The molecule has 0 bridgehead atoms. The van der Waals surface area contributed by atoms with Crippen molar-refractivity contribution < 1.29 is 8.42 Å². The molecule has 0 amide bonds. The maximum atomic E-state index is 11.2. The SMILES string of the molecule is CCS(=O)(=O)CCNCCCn1ccnn1. The summed E-state index contributed by atoms with van der Waals surface area (Å²) in [6, 6.07) is 0. The molecule has 0 unspecified atom stereocenters. The van der Waals surface area contributed by atoms with Gasteiger partial charge in [-0.1, -0.05) is 12.1 Å². The lowest BCUT2D eigenvalue weighted by Crippen LogP contribution is -2.25. The van der Waals surface area contributed by atoms with Crippen LogP contribution in [0.1, 0.15) is 13.3 Å². The fourth-order valence-corrected chi connectivity index (χ4v) is 1.96. The van der Waals surface area contributed by atoms with Gasteiger partial charge < -0.3 is 5.32 Å². The molecule has 0 spiro atoms. The lowest BCUT2D eigenvalue weighted by molar-refractivity contribution is 0.534. The molecule has 1 heterocycles. The van der Waals surface area contributed by atoms with Gasteiger partial charge in [0.15, 0.2) is 9.84 Å². The molecule has 0 radical (unpaired) electrons. The van der Waals surface area contributed by atoms with E-state index in [2.05, 4.69) is 15.6 Å². The first-order valence-corrected chi connectivity index (χ1v) is 7.21. The Bertz CT molecular complexity index is 374. The highest BCUT2D eigenvalue weighted by Gasteiger charge is 2.05.